The van der Waals surface area contributed by atoms with Crippen LogP contribution < -0.4 is 0 Å². The summed E-state index contributed by atoms with van der Waals surface area (Å²) in [6.07, 6.45) is 8.58. The van der Waals surface area contributed by atoms with Crippen LogP contribution in [0.2, 0.25) is 0 Å². The van der Waals surface area contributed by atoms with Gasteiger partial charge in [0.1, 0.15) is 5.78 Å². The van der Waals surface area contributed by atoms with Gasteiger partial charge < -0.3 is 9.53 Å². The Morgan fingerprint density at radius 1 is 0.842 bits per heavy atom. The molecule has 0 radical (unpaired) electrons. The maximum atomic E-state index is 11.5. The highest BCUT2D eigenvalue weighted by Gasteiger charge is 2.22. The van der Waals surface area contributed by atoms with Gasteiger partial charge in [-0.25, -0.2) is 0 Å². The molecule has 0 unspecified atom stereocenters. The molecular weight excluding hydrogens is 240 g/mol. The van der Waals surface area contributed by atoms with Crippen LogP contribution in [0.3, 0.4) is 0 Å². The molecule has 19 heavy (non-hydrogen) atoms. The van der Waals surface area contributed by atoms with Crippen molar-refractivity contribution in [1.82, 2.24) is 0 Å². The minimum absolute atomic E-state index is 0.114. The first-order chi connectivity index (χ1) is 8.84. The average Bonchev–Trinajstić information content (AvgIpc) is 2.29. The Balaban J connectivity index is 3.24. The van der Waals surface area contributed by atoms with Gasteiger partial charge in [0.25, 0.3) is 0 Å². The molecule has 0 aromatic rings. The van der Waals surface area contributed by atoms with Gasteiger partial charge in [-0.15, -0.1) is 0 Å². The third kappa shape index (κ3) is 11.9. The molecule has 112 valence electrons. The second-order valence-corrected chi connectivity index (χ2v) is 6.31. The quantitative estimate of drug-likeness (QED) is 0.439. The molecule has 0 heterocycles. The van der Waals surface area contributed by atoms with E-state index in [9.17, 15) is 9.59 Å². The second kappa shape index (κ2) is 9.99. The lowest BCUT2D eigenvalue weighted by atomic mass is 9.97. The summed E-state index contributed by atoms with van der Waals surface area (Å²) >= 11 is 0. The van der Waals surface area contributed by atoms with Gasteiger partial charge in [0.15, 0.2) is 0 Å². The Kier molecular flexibility index (Phi) is 9.54. The summed E-state index contributed by atoms with van der Waals surface area (Å²) in [5.41, 5.74) is -0.392. The largest absolute Gasteiger partial charge is 0.465 e. The molecule has 0 aliphatic rings. The van der Waals surface area contributed by atoms with Crippen molar-refractivity contribution in [3.8, 4) is 0 Å². The van der Waals surface area contributed by atoms with Crippen molar-refractivity contribution in [2.24, 2.45) is 5.41 Å². The maximum absolute atomic E-state index is 11.5. The molecule has 0 aliphatic carbocycles. The summed E-state index contributed by atoms with van der Waals surface area (Å²) in [5.74, 6) is 0.178. The van der Waals surface area contributed by atoms with Crippen LogP contribution in [0.5, 0.6) is 0 Å². The predicted molar refractivity (Wildman–Crippen MR) is 78.0 cm³/mol. The van der Waals surface area contributed by atoms with E-state index in [1.807, 2.05) is 20.8 Å². The van der Waals surface area contributed by atoms with Gasteiger partial charge in [-0.3, -0.25) is 4.79 Å². The fourth-order valence-electron chi connectivity index (χ4n) is 1.74. The fourth-order valence-corrected chi connectivity index (χ4v) is 1.74. The Bertz CT molecular complexity index is 264. The number of carbonyl (C=O) groups is 2. The summed E-state index contributed by atoms with van der Waals surface area (Å²) in [7, 11) is 0. The van der Waals surface area contributed by atoms with E-state index < -0.39 is 5.41 Å². The van der Waals surface area contributed by atoms with Crippen molar-refractivity contribution >= 4 is 11.8 Å². The number of unbranched alkanes of at least 4 members (excludes halogenated alkanes) is 6. The smallest absolute Gasteiger partial charge is 0.311 e. The lowest BCUT2D eigenvalue weighted by Crippen LogP contribution is -2.23. The number of esters is 1. The van der Waals surface area contributed by atoms with Crippen LogP contribution in [-0.4, -0.2) is 18.4 Å². The molecule has 0 spiro atoms. The van der Waals surface area contributed by atoms with Crippen LogP contribution in [0.15, 0.2) is 0 Å². The van der Waals surface area contributed by atoms with Gasteiger partial charge >= 0.3 is 5.97 Å². The Hall–Kier alpha value is -0.860. The normalized spacial score (nSPS) is 11.4. The zero-order valence-electron chi connectivity index (χ0n) is 13.1. The van der Waals surface area contributed by atoms with Gasteiger partial charge in [0.2, 0.25) is 0 Å². The molecule has 0 saturated carbocycles. The molecule has 0 N–H and O–H groups in total. The molecular formula is C16H30O3. The van der Waals surface area contributed by atoms with Crippen LogP contribution in [0.4, 0.5) is 0 Å². The van der Waals surface area contributed by atoms with Crippen molar-refractivity contribution in [3.63, 3.8) is 0 Å². The second-order valence-electron chi connectivity index (χ2n) is 6.31. The first-order valence-electron chi connectivity index (χ1n) is 7.50. The highest BCUT2D eigenvalue weighted by atomic mass is 16.5. The Labute approximate surface area is 118 Å². The zero-order valence-corrected chi connectivity index (χ0v) is 13.1. The summed E-state index contributed by atoms with van der Waals surface area (Å²) in [4.78, 5) is 22.2. The third-order valence-electron chi connectivity index (χ3n) is 3.02. The highest BCUT2D eigenvalue weighted by Crippen LogP contribution is 2.15. The van der Waals surface area contributed by atoms with Crippen LogP contribution in [0.25, 0.3) is 0 Å². The number of hydrogen-bond donors (Lipinski definition) is 0. The summed E-state index contributed by atoms with van der Waals surface area (Å²) in [6.45, 7) is 7.81. The number of hydrogen-bond acceptors (Lipinski definition) is 3. The molecule has 3 nitrogen and oxygen atoms in total. The molecule has 0 fully saturated rings. The highest BCUT2D eigenvalue weighted by molar-refractivity contribution is 5.75. The van der Waals surface area contributed by atoms with Crippen LogP contribution >= 0.6 is 0 Å². The monoisotopic (exact) mass is 270 g/mol. The van der Waals surface area contributed by atoms with Crippen molar-refractivity contribution < 1.29 is 14.3 Å². The van der Waals surface area contributed by atoms with Gasteiger partial charge in [-0.05, 0) is 40.5 Å². The molecule has 0 aliphatic heterocycles. The fraction of sp³-hybridized carbons (Fsp3) is 0.875. The first kappa shape index (κ1) is 18.1. The Morgan fingerprint density at radius 2 is 1.32 bits per heavy atom. The van der Waals surface area contributed by atoms with Gasteiger partial charge in [-0.1, -0.05) is 32.1 Å². The van der Waals surface area contributed by atoms with E-state index in [1.165, 1.54) is 19.3 Å². The van der Waals surface area contributed by atoms with E-state index >= 15 is 0 Å². The number of carbonyl (C=O) groups excluding carboxylic acids is 2. The van der Waals surface area contributed by atoms with Crippen molar-refractivity contribution in [2.45, 2.75) is 79.1 Å². The molecule has 0 bridgehead atoms. The molecule has 0 saturated heterocycles. The van der Waals surface area contributed by atoms with E-state index in [1.54, 1.807) is 6.92 Å². The van der Waals surface area contributed by atoms with Crippen LogP contribution in [-0.2, 0) is 14.3 Å². The SMILES string of the molecule is CC(=O)CCCCCCCCCOC(=O)C(C)(C)C. The molecule has 0 aromatic heterocycles. The summed E-state index contributed by atoms with van der Waals surface area (Å²) < 4.78 is 5.20. The van der Waals surface area contributed by atoms with Crippen molar-refractivity contribution in [2.75, 3.05) is 6.61 Å². The van der Waals surface area contributed by atoms with Gasteiger partial charge in [0, 0.05) is 6.42 Å². The minimum Gasteiger partial charge on any atom is -0.465 e. The average molecular weight is 270 g/mol. The maximum Gasteiger partial charge on any atom is 0.311 e. The molecule has 0 rings (SSSR count). The molecule has 0 atom stereocenters. The number of rotatable bonds is 10. The van der Waals surface area contributed by atoms with E-state index in [0.717, 1.165) is 32.1 Å². The molecule has 0 amide bonds. The summed E-state index contributed by atoms with van der Waals surface area (Å²) in [6, 6.07) is 0. The lowest BCUT2D eigenvalue weighted by molar-refractivity contribution is -0.153. The summed E-state index contributed by atoms with van der Waals surface area (Å²) in [5, 5.41) is 0. The van der Waals surface area contributed by atoms with Crippen molar-refractivity contribution in [1.29, 1.82) is 0 Å². The first-order valence-corrected chi connectivity index (χ1v) is 7.50. The Morgan fingerprint density at radius 3 is 1.79 bits per heavy atom. The zero-order chi connectivity index (χ0) is 14.7. The van der Waals surface area contributed by atoms with E-state index in [2.05, 4.69) is 0 Å². The van der Waals surface area contributed by atoms with Crippen LogP contribution in [0, 0.1) is 5.41 Å². The molecule has 0 aromatic carbocycles. The lowest BCUT2D eigenvalue weighted by Gasteiger charge is -2.16. The van der Waals surface area contributed by atoms with E-state index in [-0.39, 0.29) is 5.97 Å². The number of Topliss-reactive ketones (excluding diaryl/α,β-unsaturated/α-hetero) is 1. The van der Waals surface area contributed by atoms with E-state index in [0.29, 0.717) is 12.4 Å². The van der Waals surface area contributed by atoms with Gasteiger partial charge in [-0.2, -0.15) is 0 Å². The number of ether oxygens (including phenoxy) is 1. The standard InChI is InChI=1S/C16H30O3/c1-14(17)12-10-8-6-5-7-9-11-13-19-15(18)16(2,3)4/h5-13H2,1-4H3. The van der Waals surface area contributed by atoms with Crippen LogP contribution in [0.1, 0.15) is 79.1 Å². The third-order valence-corrected chi connectivity index (χ3v) is 3.02. The van der Waals surface area contributed by atoms with Gasteiger partial charge in [0.05, 0.1) is 12.0 Å². The predicted octanol–water partition coefficient (Wildman–Crippen LogP) is 4.29. The number of ketones is 1. The molecule has 3 heteroatoms. The topological polar surface area (TPSA) is 43.4 Å². The van der Waals surface area contributed by atoms with Crippen molar-refractivity contribution in [3.05, 3.63) is 0 Å². The minimum atomic E-state index is -0.392. The van der Waals surface area contributed by atoms with E-state index in [4.69, 9.17) is 4.74 Å².